The van der Waals surface area contributed by atoms with E-state index in [-0.39, 0.29) is 11.9 Å². The lowest BCUT2D eigenvalue weighted by atomic mass is 10.0. The summed E-state index contributed by atoms with van der Waals surface area (Å²) in [6, 6.07) is -0.182. The van der Waals surface area contributed by atoms with Crippen LogP contribution in [0.3, 0.4) is 0 Å². The lowest BCUT2D eigenvalue weighted by Crippen LogP contribution is -2.33. The molecule has 0 aromatic carbocycles. The van der Waals surface area contributed by atoms with Gasteiger partial charge in [-0.3, -0.25) is 14.6 Å². The molecule has 0 aliphatic carbocycles. The van der Waals surface area contributed by atoms with E-state index in [0.717, 1.165) is 43.0 Å². The molecule has 1 amide bonds. The number of hydrogen-bond donors (Lipinski definition) is 2. The fraction of sp³-hybridized carbons (Fsp3) is 0.625. The molecule has 130 valence electrons. The third-order valence-electron chi connectivity index (χ3n) is 4.41. The first-order chi connectivity index (χ1) is 11.5. The molecule has 0 radical (unpaired) electrons. The molecule has 2 aromatic rings. The van der Waals surface area contributed by atoms with E-state index in [4.69, 9.17) is 0 Å². The highest BCUT2D eigenvalue weighted by atomic mass is 16.2. The largest absolute Gasteiger partial charge is 0.341 e. The summed E-state index contributed by atoms with van der Waals surface area (Å²) >= 11 is 0. The Labute approximate surface area is 141 Å². The second-order valence-corrected chi connectivity index (χ2v) is 6.91. The highest BCUT2D eigenvalue weighted by Crippen LogP contribution is 2.22. The van der Waals surface area contributed by atoms with Gasteiger partial charge in [0.25, 0.3) is 5.91 Å². The van der Waals surface area contributed by atoms with Crippen molar-refractivity contribution in [3.05, 3.63) is 29.1 Å². The zero-order valence-electron chi connectivity index (χ0n) is 14.7. The molecule has 0 saturated carbocycles. The second kappa shape index (κ2) is 6.72. The molecule has 0 spiro atoms. The number of nitrogens with zero attached hydrogens (tertiary/aromatic N) is 5. The number of fused-ring (bicyclic) bond motifs is 1. The summed E-state index contributed by atoms with van der Waals surface area (Å²) in [5.41, 5.74) is 2.56. The van der Waals surface area contributed by atoms with E-state index >= 15 is 0 Å². The van der Waals surface area contributed by atoms with Gasteiger partial charge >= 0.3 is 0 Å². The van der Waals surface area contributed by atoms with Crippen LogP contribution in [0.5, 0.6) is 0 Å². The van der Waals surface area contributed by atoms with Crippen molar-refractivity contribution < 1.29 is 4.79 Å². The third kappa shape index (κ3) is 3.33. The number of aromatic amines is 1. The Morgan fingerprint density at radius 1 is 1.42 bits per heavy atom. The van der Waals surface area contributed by atoms with Crippen molar-refractivity contribution in [3.8, 4) is 0 Å². The predicted octanol–water partition coefficient (Wildman–Crippen LogP) is 1.04. The van der Waals surface area contributed by atoms with E-state index in [1.54, 1.807) is 4.68 Å². The molecular formula is C16H25N7O. The number of aromatic nitrogens is 5. The SMILES string of the molecule is CC(C)CC(NC(=O)c1n[nH]c2c1CN(C)CC2)c1ncnn1C. The Kier molecular flexibility index (Phi) is 4.66. The minimum atomic E-state index is -0.182. The Morgan fingerprint density at radius 3 is 2.88 bits per heavy atom. The average molecular weight is 331 g/mol. The second-order valence-electron chi connectivity index (χ2n) is 6.91. The van der Waals surface area contributed by atoms with Crippen LogP contribution in [0.1, 0.15) is 53.9 Å². The predicted molar refractivity (Wildman–Crippen MR) is 89.3 cm³/mol. The van der Waals surface area contributed by atoms with Gasteiger partial charge in [0.1, 0.15) is 12.2 Å². The van der Waals surface area contributed by atoms with Crippen molar-refractivity contribution in [2.45, 2.75) is 39.3 Å². The number of aryl methyl sites for hydroxylation is 1. The zero-order valence-corrected chi connectivity index (χ0v) is 14.7. The lowest BCUT2D eigenvalue weighted by molar-refractivity contribution is 0.0922. The first kappa shape index (κ1) is 16.6. The molecule has 1 unspecified atom stereocenters. The molecule has 2 aromatic heterocycles. The number of H-pyrrole nitrogens is 1. The Hall–Kier alpha value is -2.22. The van der Waals surface area contributed by atoms with Gasteiger partial charge in [-0.05, 0) is 19.4 Å². The molecular weight excluding hydrogens is 306 g/mol. The summed E-state index contributed by atoms with van der Waals surface area (Å²) in [6.45, 7) is 5.97. The number of carbonyl (C=O) groups is 1. The molecule has 8 heteroatoms. The standard InChI is InChI=1S/C16H25N7O/c1-10(2)7-13(15-17-9-18-23(15)4)19-16(24)14-11-8-22(3)6-5-12(11)20-21-14/h9-10,13H,5-8H2,1-4H3,(H,19,24)(H,20,21). The summed E-state index contributed by atoms with van der Waals surface area (Å²) in [6.07, 6.45) is 3.20. The van der Waals surface area contributed by atoms with E-state index in [2.05, 4.69) is 51.4 Å². The van der Waals surface area contributed by atoms with Crippen LogP contribution >= 0.6 is 0 Å². The lowest BCUT2D eigenvalue weighted by Gasteiger charge is -2.23. The Balaban J connectivity index is 1.82. The molecule has 0 saturated heterocycles. The molecule has 2 N–H and O–H groups in total. The minimum Gasteiger partial charge on any atom is -0.341 e. The summed E-state index contributed by atoms with van der Waals surface area (Å²) < 4.78 is 1.71. The minimum absolute atomic E-state index is 0.156. The molecule has 8 nitrogen and oxygen atoms in total. The van der Waals surface area contributed by atoms with Gasteiger partial charge in [0.15, 0.2) is 5.69 Å². The fourth-order valence-corrected chi connectivity index (χ4v) is 3.17. The van der Waals surface area contributed by atoms with Crippen LogP contribution in [0.4, 0.5) is 0 Å². The third-order valence-corrected chi connectivity index (χ3v) is 4.41. The Bertz CT molecular complexity index is 718. The molecule has 3 rings (SSSR count). The van der Waals surface area contributed by atoms with Gasteiger partial charge in [-0.25, -0.2) is 4.98 Å². The molecule has 0 bridgehead atoms. The van der Waals surface area contributed by atoms with Crippen LogP contribution in [0.15, 0.2) is 6.33 Å². The molecule has 0 fully saturated rings. The van der Waals surface area contributed by atoms with E-state index in [9.17, 15) is 4.79 Å². The van der Waals surface area contributed by atoms with Crippen molar-refractivity contribution in [3.63, 3.8) is 0 Å². The van der Waals surface area contributed by atoms with Gasteiger partial charge in [-0.1, -0.05) is 13.8 Å². The van der Waals surface area contributed by atoms with E-state index in [1.165, 1.54) is 6.33 Å². The first-order valence-corrected chi connectivity index (χ1v) is 8.35. The maximum Gasteiger partial charge on any atom is 0.272 e. The van der Waals surface area contributed by atoms with Crippen LogP contribution in [0.25, 0.3) is 0 Å². The quantitative estimate of drug-likeness (QED) is 0.854. The highest BCUT2D eigenvalue weighted by molar-refractivity contribution is 5.94. The molecule has 1 aliphatic rings. The van der Waals surface area contributed by atoms with Gasteiger partial charge < -0.3 is 10.2 Å². The Morgan fingerprint density at radius 2 is 2.21 bits per heavy atom. The van der Waals surface area contributed by atoms with Crippen LogP contribution in [0.2, 0.25) is 0 Å². The van der Waals surface area contributed by atoms with Gasteiger partial charge in [0.2, 0.25) is 0 Å². The number of amides is 1. The van der Waals surface area contributed by atoms with Crippen molar-refractivity contribution in [1.29, 1.82) is 0 Å². The maximum absolute atomic E-state index is 12.8. The van der Waals surface area contributed by atoms with Gasteiger partial charge in [0.05, 0.1) is 6.04 Å². The van der Waals surface area contributed by atoms with Crippen LogP contribution in [0, 0.1) is 5.92 Å². The summed E-state index contributed by atoms with van der Waals surface area (Å²) in [5, 5.41) is 14.5. The summed E-state index contributed by atoms with van der Waals surface area (Å²) in [4.78, 5) is 19.3. The molecule has 24 heavy (non-hydrogen) atoms. The maximum atomic E-state index is 12.8. The highest BCUT2D eigenvalue weighted by Gasteiger charge is 2.27. The van der Waals surface area contributed by atoms with Crippen molar-refractivity contribution >= 4 is 5.91 Å². The van der Waals surface area contributed by atoms with Crippen molar-refractivity contribution in [2.75, 3.05) is 13.6 Å². The van der Waals surface area contributed by atoms with Crippen LogP contribution < -0.4 is 5.32 Å². The van der Waals surface area contributed by atoms with E-state index in [1.807, 2.05) is 7.05 Å². The number of hydrogen-bond acceptors (Lipinski definition) is 5. The summed E-state index contributed by atoms with van der Waals surface area (Å²) in [5.74, 6) is 1.03. The molecule has 3 heterocycles. The van der Waals surface area contributed by atoms with Gasteiger partial charge in [0, 0.05) is 37.8 Å². The van der Waals surface area contributed by atoms with Gasteiger partial charge in [-0.2, -0.15) is 10.2 Å². The zero-order chi connectivity index (χ0) is 17.3. The first-order valence-electron chi connectivity index (χ1n) is 8.35. The van der Waals surface area contributed by atoms with Gasteiger partial charge in [-0.15, -0.1) is 0 Å². The number of carbonyl (C=O) groups excluding carboxylic acids is 1. The monoisotopic (exact) mass is 331 g/mol. The van der Waals surface area contributed by atoms with Crippen molar-refractivity contribution in [1.82, 2.24) is 35.2 Å². The smallest absolute Gasteiger partial charge is 0.272 e. The normalized spacial score (nSPS) is 16.2. The van der Waals surface area contributed by atoms with Crippen molar-refractivity contribution in [2.24, 2.45) is 13.0 Å². The molecule has 1 atom stereocenters. The van der Waals surface area contributed by atoms with Crippen LogP contribution in [-0.2, 0) is 20.0 Å². The van der Waals surface area contributed by atoms with E-state index in [0.29, 0.717) is 11.6 Å². The molecule has 1 aliphatic heterocycles. The average Bonchev–Trinajstić information content (AvgIpc) is 3.11. The topological polar surface area (TPSA) is 91.7 Å². The fourth-order valence-electron chi connectivity index (χ4n) is 3.17. The summed E-state index contributed by atoms with van der Waals surface area (Å²) in [7, 11) is 3.89. The van der Waals surface area contributed by atoms with Crippen LogP contribution in [-0.4, -0.2) is 49.4 Å². The van der Waals surface area contributed by atoms with E-state index < -0.39 is 0 Å². The number of nitrogens with one attached hydrogen (secondary N) is 2. The number of rotatable bonds is 5. The number of likely N-dealkylation sites (N-methyl/N-ethyl adjacent to an activating group) is 1.